The van der Waals surface area contributed by atoms with Crippen LogP contribution >= 0.6 is 0 Å². The van der Waals surface area contributed by atoms with Gasteiger partial charge in [-0.2, -0.15) is 5.10 Å². The monoisotopic (exact) mass is 482 g/mol. The fourth-order valence-electron chi connectivity index (χ4n) is 4.00. The van der Waals surface area contributed by atoms with Gasteiger partial charge in [0.1, 0.15) is 5.82 Å². The van der Waals surface area contributed by atoms with Gasteiger partial charge in [0.25, 0.3) is 5.91 Å². The van der Waals surface area contributed by atoms with E-state index in [1.807, 2.05) is 19.9 Å². The third-order valence-electron chi connectivity index (χ3n) is 5.58. The van der Waals surface area contributed by atoms with Gasteiger partial charge in [-0.3, -0.25) is 4.79 Å². The van der Waals surface area contributed by atoms with Crippen molar-refractivity contribution in [2.45, 2.75) is 57.7 Å². The summed E-state index contributed by atoms with van der Waals surface area (Å²) in [6.07, 6.45) is -2.43. The van der Waals surface area contributed by atoms with Crippen molar-refractivity contribution in [1.82, 2.24) is 9.78 Å². The molecule has 3 rings (SSSR count). The minimum Gasteiger partial charge on any atom is -0.550 e. The Balaban J connectivity index is 1.95. The number of nitrogens with zero attached hydrogens (tertiary/aromatic N) is 2. The number of para-hydroxylation sites is 1. The van der Waals surface area contributed by atoms with Crippen LogP contribution in [-0.4, -0.2) is 44.1 Å². The number of carboxylic acids is 1. The number of aliphatic carboxylic acids is 1. The predicted molar refractivity (Wildman–Crippen MR) is 127 cm³/mol. The third kappa shape index (κ3) is 6.97. The fraction of sp³-hybridized carbons (Fsp3) is 0.346. The number of aromatic nitrogens is 2. The summed E-state index contributed by atoms with van der Waals surface area (Å²) in [6.45, 7) is 3.85. The highest BCUT2D eigenvalue weighted by atomic mass is 19.1. The van der Waals surface area contributed by atoms with E-state index >= 15 is 0 Å². The molecule has 0 aliphatic heterocycles. The van der Waals surface area contributed by atoms with Crippen LogP contribution in [0.2, 0.25) is 0 Å². The highest BCUT2D eigenvalue weighted by Gasteiger charge is 2.26. The first kappa shape index (κ1) is 26.1. The van der Waals surface area contributed by atoms with E-state index in [0.717, 1.165) is 0 Å². The lowest BCUT2D eigenvalue weighted by molar-refractivity contribution is -0.307. The number of hydrogen-bond donors (Lipinski definition) is 3. The number of rotatable bonds is 11. The molecule has 0 saturated heterocycles. The smallest absolute Gasteiger partial charge is 0.276 e. The summed E-state index contributed by atoms with van der Waals surface area (Å²) in [5.41, 5.74) is 2.73. The number of carbonyl (C=O) groups excluding carboxylic acids is 2. The Hall–Kier alpha value is -3.56. The highest BCUT2D eigenvalue weighted by molar-refractivity contribution is 6.04. The largest absolute Gasteiger partial charge is 0.550 e. The normalized spacial score (nSPS) is 13.0. The van der Waals surface area contributed by atoms with Gasteiger partial charge < -0.3 is 25.4 Å². The van der Waals surface area contributed by atoms with Crippen molar-refractivity contribution in [1.29, 1.82) is 0 Å². The molecule has 8 nitrogen and oxygen atoms in total. The lowest BCUT2D eigenvalue weighted by Gasteiger charge is -2.17. The first-order valence-corrected chi connectivity index (χ1v) is 11.5. The SMILES string of the molecule is CC(C)c1c(C(=O)Nc2ccccc2)nn(-c2ccc(F)cc2)c1CC[C@@H](O)C[C@@H](O)CC(=O)[O-]. The van der Waals surface area contributed by atoms with E-state index in [1.54, 1.807) is 41.1 Å². The number of carboxylic acid groups (broad SMARTS) is 1. The number of carbonyl (C=O) groups is 2. The zero-order chi connectivity index (χ0) is 25.5. The lowest BCUT2D eigenvalue weighted by atomic mass is 9.95. The minimum atomic E-state index is -1.39. The lowest BCUT2D eigenvalue weighted by Crippen LogP contribution is -2.29. The molecule has 0 fully saturated rings. The van der Waals surface area contributed by atoms with Gasteiger partial charge in [0.05, 0.1) is 17.9 Å². The van der Waals surface area contributed by atoms with E-state index in [2.05, 4.69) is 10.4 Å². The number of benzene rings is 2. The van der Waals surface area contributed by atoms with Crippen LogP contribution < -0.4 is 10.4 Å². The van der Waals surface area contributed by atoms with Gasteiger partial charge in [0.2, 0.25) is 0 Å². The summed E-state index contributed by atoms with van der Waals surface area (Å²) >= 11 is 0. The number of anilines is 1. The number of aliphatic hydroxyl groups excluding tert-OH is 2. The average Bonchev–Trinajstić information content (AvgIpc) is 3.18. The second kappa shape index (κ2) is 11.7. The third-order valence-corrected chi connectivity index (χ3v) is 5.58. The summed E-state index contributed by atoms with van der Waals surface area (Å²) in [5.74, 6) is -2.30. The van der Waals surface area contributed by atoms with Crippen LogP contribution in [0.25, 0.3) is 5.69 Å². The standard InChI is InChI=1S/C26H30FN3O5/c1-16(2)24-22(13-12-20(31)14-21(32)15-23(33)34)30(19-10-8-17(27)9-11-19)29-25(24)26(35)28-18-6-4-3-5-7-18/h3-11,16,20-21,31-32H,12-15H2,1-2H3,(H,28,35)(H,33,34)/p-1/t20-,21-/m1/s1. The van der Waals surface area contributed by atoms with Crippen molar-refractivity contribution in [2.75, 3.05) is 5.32 Å². The van der Waals surface area contributed by atoms with Crippen molar-refractivity contribution in [2.24, 2.45) is 0 Å². The molecule has 0 saturated carbocycles. The van der Waals surface area contributed by atoms with E-state index in [0.29, 0.717) is 22.6 Å². The van der Waals surface area contributed by atoms with Gasteiger partial charge in [-0.1, -0.05) is 32.0 Å². The second-order valence-corrected chi connectivity index (χ2v) is 8.73. The Kier molecular flexibility index (Phi) is 8.73. The predicted octanol–water partition coefficient (Wildman–Crippen LogP) is 2.57. The molecule has 2 aromatic carbocycles. The number of nitrogens with one attached hydrogen (secondary N) is 1. The summed E-state index contributed by atoms with van der Waals surface area (Å²) < 4.78 is 15.1. The number of hydrogen-bond acceptors (Lipinski definition) is 6. The zero-order valence-electron chi connectivity index (χ0n) is 19.6. The van der Waals surface area contributed by atoms with Gasteiger partial charge in [-0.05, 0) is 61.6 Å². The topological polar surface area (TPSA) is 128 Å². The van der Waals surface area contributed by atoms with Crippen LogP contribution in [-0.2, 0) is 11.2 Å². The van der Waals surface area contributed by atoms with Crippen molar-refractivity contribution in [3.8, 4) is 5.69 Å². The Morgan fingerprint density at radius 2 is 1.71 bits per heavy atom. The fourth-order valence-corrected chi connectivity index (χ4v) is 4.00. The van der Waals surface area contributed by atoms with Crippen LogP contribution in [0.5, 0.6) is 0 Å². The Bertz CT molecular complexity index is 1150. The molecule has 9 heteroatoms. The van der Waals surface area contributed by atoms with Crippen molar-refractivity contribution in [3.63, 3.8) is 0 Å². The van der Waals surface area contributed by atoms with E-state index in [1.165, 1.54) is 12.1 Å². The maximum atomic E-state index is 13.6. The molecule has 1 amide bonds. The molecule has 3 aromatic rings. The van der Waals surface area contributed by atoms with Crippen LogP contribution in [0.4, 0.5) is 10.1 Å². The first-order chi connectivity index (χ1) is 16.7. The van der Waals surface area contributed by atoms with Gasteiger partial charge in [0, 0.05) is 29.3 Å². The summed E-state index contributed by atoms with van der Waals surface area (Å²) in [4.78, 5) is 23.9. The van der Waals surface area contributed by atoms with E-state index in [9.17, 15) is 29.3 Å². The van der Waals surface area contributed by atoms with Crippen LogP contribution in [0.15, 0.2) is 54.6 Å². The quantitative estimate of drug-likeness (QED) is 0.386. The van der Waals surface area contributed by atoms with E-state index in [-0.39, 0.29) is 30.9 Å². The maximum absolute atomic E-state index is 13.6. The Labute approximate surface area is 203 Å². The molecule has 1 aromatic heterocycles. The van der Waals surface area contributed by atoms with Crippen LogP contribution in [0.1, 0.15) is 60.8 Å². The van der Waals surface area contributed by atoms with Crippen LogP contribution in [0.3, 0.4) is 0 Å². The molecule has 0 spiro atoms. The van der Waals surface area contributed by atoms with Gasteiger partial charge in [-0.15, -0.1) is 0 Å². The Morgan fingerprint density at radius 1 is 1.06 bits per heavy atom. The van der Waals surface area contributed by atoms with Crippen molar-refractivity contribution >= 4 is 17.6 Å². The minimum absolute atomic E-state index is 0.100. The van der Waals surface area contributed by atoms with E-state index in [4.69, 9.17) is 0 Å². The van der Waals surface area contributed by atoms with Gasteiger partial charge >= 0.3 is 0 Å². The van der Waals surface area contributed by atoms with Gasteiger partial charge in [0.15, 0.2) is 5.69 Å². The van der Waals surface area contributed by atoms with Crippen molar-refractivity contribution < 1.29 is 29.3 Å². The molecule has 35 heavy (non-hydrogen) atoms. The zero-order valence-corrected chi connectivity index (χ0v) is 19.6. The molecule has 0 bridgehead atoms. The maximum Gasteiger partial charge on any atom is 0.276 e. The molecule has 0 radical (unpaired) electrons. The number of amides is 1. The first-order valence-electron chi connectivity index (χ1n) is 11.5. The highest BCUT2D eigenvalue weighted by Crippen LogP contribution is 2.29. The van der Waals surface area contributed by atoms with Crippen molar-refractivity contribution in [3.05, 3.63) is 77.4 Å². The second-order valence-electron chi connectivity index (χ2n) is 8.73. The Morgan fingerprint density at radius 3 is 2.31 bits per heavy atom. The van der Waals surface area contributed by atoms with Crippen LogP contribution in [0, 0.1) is 5.82 Å². The van der Waals surface area contributed by atoms with E-state index < -0.39 is 36.3 Å². The molecule has 0 aliphatic rings. The average molecular weight is 483 g/mol. The number of halogens is 1. The van der Waals surface area contributed by atoms with Gasteiger partial charge in [-0.25, -0.2) is 9.07 Å². The molecule has 0 unspecified atom stereocenters. The molecular formula is C26H29FN3O5-. The molecule has 1 heterocycles. The molecular weight excluding hydrogens is 453 g/mol. The summed E-state index contributed by atoms with van der Waals surface area (Å²) in [7, 11) is 0. The molecule has 3 N–H and O–H groups in total. The molecule has 0 aliphatic carbocycles. The number of aliphatic hydroxyl groups is 2. The summed E-state index contributed by atoms with van der Waals surface area (Å²) in [5, 5.41) is 38.3. The molecule has 186 valence electrons. The summed E-state index contributed by atoms with van der Waals surface area (Å²) in [6, 6.07) is 14.7. The molecule has 2 atom stereocenters.